The molecule has 3 rings (SSSR count). The van der Waals surface area contributed by atoms with Gasteiger partial charge in [0.25, 0.3) is 0 Å². The van der Waals surface area contributed by atoms with E-state index in [-0.39, 0.29) is 11.1 Å². The number of rotatable bonds is 3. The van der Waals surface area contributed by atoms with Crippen molar-refractivity contribution in [3.8, 4) is 0 Å². The summed E-state index contributed by atoms with van der Waals surface area (Å²) in [5.74, 6) is -2.52. The molecule has 2 atom stereocenters. The number of nitrogens with one attached hydrogen (secondary N) is 2. The molecule has 0 aromatic carbocycles. The number of fused-ring (bicyclic) bond motifs is 1. The van der Waals surface area contributed by atoms with Crippen molar-refractivity contribution in [2.45, 2.75) is 6.42 Å². The van der Waals surface area contributed by atoms with E-state index in [2.05, 4.69) is 25.3 Å². The number of aromatic nitrogens is 4. The molecule has 3 N–H and O–H groups in total. The summed E-state index contributed by atoms with van der Waals surface area (Å²) < 4.78 is 0. The SMILES string of the molecule is O=C(O)[C@H]1C[C@H]1C(=O)Nc1nc(Cl)c2[nH]cnc2n1. The van der Waals surface area contributed by atoms with Gasteiger partial charge in [0.15, 0.2) is 10.8 Å². The van der Waals surface area contributed by atoms with E-state index >= 15 is 0 Å². The third-order valence-corrected chi connectivity index (χ3v) is 3.19. The van der Waals surface area contributed by atoms with Crippen LogP contribution in [-0.4, -0.2) is 36.9 Å². The number of hydrogen-bond donors (Lipinski definition) is 3. The number of nitrogens with zero attached hydrogens (tertiary/aromatic N) is 3. The van der Waals surface area contributed by atoms with E-state index < -0.39 is 23.7 Å². The minimum absolute atomic E-state index is 0.0191. The summed E-state index contributed by atoms with van der Waals surface area (Å²) in [6.07, 6.45) is 1.75. The molecule has 0 radical (unpaired) electrons. The van der Waals surface area contributed by atoms with E-state index in [1.807, 2.05) is 0 Å². The zero-order valence-electron chi connectivity index (χ0n) is 9.42. The van der Waals surface area contributed by atoms with Crippen LogP contribution in [0.2, 0.25) is 5.15 Å². The van der Waals surface area contributed by atoms with Gasteiger partial charge in [-0.05, 0) is 6.42 Å². The van der Waals surface area contributed by atoms with Gasteiger partial charge in [0.1, 0.15) is 5.52 Å². The highest BCUT2D eigenvalue weighted by Gasteiger charge is 2.48. The average molecular weight is 282 g/mol. The predicted octanol–water partition coefficient (Wildman–Crippen LogP) is 0.665. The third kappa shape index (κ3) is 2.10. The molecule has 8 nitrogen and oxygen atoms in total. The lowest BCUT2D eigenvalue weighted by Crippen LogP contribution is -2.18. The molecule has 0 bridgehead atoms. The fraction of sp³-hybridized carbons (Fsp3) is 0.300. The molecule has 98 valence electrons. The number of imidazole rings is 1. The van der Waals surface area contributed by atoms with E-state index in [1.165, 1.54) is 6.33 Å². The highest BCUT2D eigenvalue weighted by atomic mass is 35.5. The van der Waals surface area contributed by atoms with Gasteiger partial charge in [-0.25, -0.2) is 4.98 Å². The summed E-state index contributed by atoms with van der Waals surface area (Å²) in [5, 5.41) is 11.3. The maximum absolute atomic E-state index is 11.7. The number of halogens is 1. The summed E-state index contributed by atoms with van der Waals surface area (Å²) in [6, 6.07) is 0. The van der Waals surface area contributed by atoms with E-state index in [9.17, 15) is 9.59 Å². The summed E-state index contributed by atoms with van der Waals surface area (Å²) in [5.41, 5.74) is 0.815. The Hall–Kier alpha value is -2.22. The molecule has 1 aliphatic rings. The topological polar surface area (TPSA) is 121 Å². The zero-order chi connectivity index (χ0) is 13.6. The largest absolute Gasteiger partial charge is 0.481 e. The second-order valence-corrected chi connectivity index (χ2v) is 4.57. The Morgan fingerprint density at radius 2 is 2.21 bits per heavy atom. The van der Waals surface area contributed by atoms with Gasteiger partial charge in [-0.2, -0.15) is 9.97 Å². The van der Waals surface area contributed by atoms with Crippen LogP contribution in [0.5, 0.6) is 0 Å². The van der Waals surface area contributed by atoms with Gasteiger partial charge in [0.05, 0.1) is 18.2 Å². The van der Waals surface area contributed by atoms with Crippen LogP contribution >= 0.6 is 11.6 Å². The maximum Gasteiger partial charge on any atom is 0.307 e. The maximum atomic E-state index is 11.7. The Morgan fingerprint density at radius 1 is 1.42 bits per heavy atom. The second kappa shape index (κ2) is 4.16. The van der Waals surface area contributed by atoms with Crippen molar-refractivity contribution in [1.29, 1.82) is 0 Å². The molecule has 0 spiro atoms. The minimum Gasteiger partial charge on any atom is -0.481 e. The van der Waals surface area contributed by atoms with Gasteiger partial charge >= 0.3 is 5.97 Å². The minimum atomic E-state index is -0.971. The molecule has 2 aromatic rings. The van der Waals surface area contributed by atoms with Crippen LogP contribution in [0.15, 0.2) is 6.33 Å². The van der Waals surface area contributed by atoms with Crippen molar-refractivity contribution in [3.05, 3.63) is 11.5 Å². The van der Waals surface area contributed by atoms with Crippen LogP contribution in [0.1, 0.15) is 6.42 Å². The van der Waals surface area contributed by atoms with Gasteiger partial charge in [0.2, 0.25) is 11.9 Å². The molecule has 0 unspecified atom stereocenters. The number of aromatic amines is 1. The van der Waals surface area contributed by atoms with Crippen molar-refractivity contribution in [1.82, 2.24) is 19.9 Å². The summed E-state index contributed by atoms with van der Waals surface area (Å²) in [6.45, 7) is 0. The van der Waals surface area contributed by atoms with Gasteiger partial charge in [-0.1, -0.05) is 11.6 Å². The molecular formula is C10H8ClN5O3. The summed E-state index contributed by atoms with van der Waals surface area (Å²) >= 11 is 5.89. The van der Waals surface area contributed by atoms with Crippen molar-refractivity contribution in [3.63, 3.8) is 0 Å². The summed E-state index contributed by atoms with van der Waals surface area (Å²) in [7, 11) is 0. The van der Waals surface area contributed by atoms with Crippen LogP contribution in [0, 0.1) is 11.8 Å². The monoisotopic (exact) mass is 281 g/mol. The molecule has 19 heavy (non-hydrogen) atoms. The van der Waals surface area contributed by atoms with Crippen LogP contribution in [0.25, 0.3) is 11.2 Å². The molecule has 2 aromatic heterocycles. The highest BCUT2D eigenvalue weighted by Crippen LogP contribution is 2.39. The number of carbonyl (C=O) groups is 2. The Balaban J connectivity index is 1.78. The fourth-order valence-corrected chi connectivity index (χ4v) is 2.03. The van der Waals surface area contributed by atoms with Crippen LogP contribution in [0.3, 0.4) is 0 Å². The first-order valence-corrected chi connectivity index (χ1v) is 5.84. The standard InChI is InChI=1S/C10H8ClN5O3/c11-6-5-7(13-2-12-5)15-10(14-6)16-8(17)3-1-4(3)9(18)19/h2-4H,1H2,(H,18,19)(H2,12,13,14,15,16,17)/t3-,4+/m1/s1. The quantitative estimate of drug-likeness (QED) is 0.711. The Labute approximate surface area is 111 Å². The highest BCUT2D eigenvalue weighted by molar-refractivity contribution is 6.33. The zero-order valence-corrected chi connectivity index (χ0v) is 10.2. The van der Waals surface area contributed by atoms with Gasteiger partial charge < -0.3 is 10.1 Å². The first kappa shape index (κ1) is 11.8. The lowest BCUT2D eigenvalue weighted by atomic mass is 10.3. The van der Waals surface area contributed by atoms with Crippen molar-refractivity contribution < 1.29 is 14.7 Å². The van der Waals surface area contributed by atoms with Crippen LogP contribution in [-0.2, 0) is 9.59 Å². The first-order chi connectivity index (χ1) is 9.06. The number of carbonyl (C=O) groups excluding carboxylic acids is 1. The summed E-state index contributed by atoms with van der Waals surface area (Å²) in [4.78, 5) is 37.0. The number of hydrogen-bond acceptors (Lipinski definition) is 5. The van der Waals surface area contributed by atoms with E-state index in [4.69, 9.17) is 16.7 Å². The van der Waals surface area contributed by atoms with Gasteiger partial charge in [-0.15, -0.1) is 0 Å². The number of aliphatic carboxylic acids is 1. The Bertz CT molecular complexity index is 685. The predicted molar refractivity (Wildman–Crippen MR) is 64.6 cm³/mol. The van der Waals surface area contributed by atoms with Crippen molar-refractivity contribution in [2.24, 2.45) is 11.8 Å². The molecule has 1 saturated carbocycles. The molecule has 0 aliphatic heterocycles. The molecule has 9 heteroatoms. The van der Waals surface area contributed by atoms with Crippen molar-refractivity contribution >= 4 is 40.6 Å². The smallest absolute Gasteiger partial charge is 0.307 e. The lowest BCUT2D eigenvalue weighted by Gasteiger charge is -2.03. The Morgan fingerprint density at radius 3 is 2.89 bits per heavy atom. The number of carboxylic acid groups (broad SMARTS) is 1. The molecule has 1 fully saturated rings. The van der Waals surface area contributed by atoms with E-state index in [0.717, 1.165) is 0 Å². The normalized spacial score (nSPS) is 21.3. The van der Waals surface area contributed by atoms with Crippen LogP contribution < -0.4 is 5.32 Å². The molecular weight excluding hydrogens is 274 g/mol. The number of anilines is 1. The number of H-pyrrole nitrogens is 1. The number of carboxylic acids is 1. The third-order valence-electron chi connectivity index (χ3n) is 2.92. The van der Waals surface area contributed by atoms with E-state index in [0.29, 0.717) is 17.6 Å². The lowest BCUT2D eigenvalue weighted by molar-refractivity contribution is -0.139. The van der Waals surface area contributed by atoms with Crippen LogP contribution in [0.4, 0.5) is 5.95 Å². The molecule has 2 heterocycles. The molecule has 1 aliphatic carbocycles. The Kier molecular flexibility index (Phi) is 2.59. The molecule has 1 amide bonds. The number of amides is 1. The van der Waals surface area contributed by atoms with E-state index in [1.54, 1.807) is 0 Å². The average Bonchev–Trinajstić information content (AvgIpc) is 3.02. The second-order valence-electron chi connectivity index (χ2n) is 4.22. The molecule has 0 saturated heterocycles. The van der Waals surface area contributed by atoms with Crippen molar-refractivity contribution in [2.75, 3.05) is 5.32 Å². The fourth-order valence-electron chi connectivity index (χ4n) is 1.81. The van der Waals surface area contributed by atoms with Gasteiger partial charge in [-0.3, -0.25) is 14.9 Å². The first-order valence-electron chi connectivity index (χ1n) is 5.46. The van der Waals surface area contributed by atoms with Gasteiger partial charge in [0, 0.05) is 0 Å².